The standard InChI is InChI=1S/C18H25Cl2N3O2/c1-11(2)16(18(25)21-13-6-8-23(3)9-7-13)22-17(24)14-5-4-12(19)10-15(14)20/h4-5,10-11,13,16H,6-9H2,1-3H3,(H,21,25)(H,22,24)/t16-/m1/s1. The molecular weight excluding hydrogens is 361 g/mol. The molecule has 138 valence electrons. The molecule has 1 fully saturated rings. The van der Waals surface area contributed by atoms with Crippen LogP contribution in [0.2, 0.25) is 10.0 Å². The van der Waals surface area contributed by atoms with Gasteiger partial charge in [0.25, 0.3) is 5.91 Å². The average Bonchev–Trinajstić information content (AvgIpc) is 2.54. The predicted octanol–water partition coefficient (Wildman–Crippen LogP) is 2.96. The molecule has 0 aromatic heterocycles. The fourth-order valence-electron chi connectivity index (χ4n) is 2.87. The van der Waals surface area contributed by atoms with Crippen LogP contribution < -0.4 is 10.6 Å². The maximum Gasteiger partial charge on any atom is 0.253 e. The maximum atomic E-state index is 12.6. The number of carbonyl (C=O) groups is 2. The van der Waals surface area contributed by atoms with E-state index in [0.29, 0.717) is 10.6 Å². The summed E-state index contributed by atoms with van der Waals surface area (Å²) in [6, 6.07) is 4.22. The number of hydrogen-bond acceptors (Lipinski definition) is 3. The van der Waals surface area contributed by atoms with Crippen molar-refractivity contribution in [3.8, 4) is 0 Å². The van der Waals surface area contributed by atoms with Gasteiger partial charge in [-0.2, -0.15) is 0 Å². The summed E-state index contributed by atoms with van der Waals surface area (Å²) in [5.41, 5.74) is 0.309. The van der Waals surface area contributed by atoms with E-state index in [4.69, 9.17) is 23.2 Å². The van der Waals surface area contributed by atoms with E-state index < -0.39 is 6.04 Å². The number of nitrogens with one attached hydrogen (secondary N) is 2. The van der Waals surface area contributed by atoms with Gasteiger partial charge in [0.1, 0.15) is 6.04 Å². The molecule has 1 saturated heterocycles. The molecule has 1 aliphatic rings. The van der Waals surface area contributed by atoms with Crippen molar-refractivity contribution >= 4 is 35.0 Å². The molecule has 0 spiro atoms. The van der Waals surface area contributed by atoms with E-state index in [1.165, 1.54) is 6.07 Å². The summed E-state index contributed by atoms with van der Waals surface area (Å²) in [6.07, 6.45) is 1.84. The molecule has 1 aromatic rings. The van der Waals surface area contributed by atoms with Crippen LogP contribution in [-0.2, 0) is 4.79 Å². The van der Waals surface area contributed by atoms with Crippen molar-refractivity contribution in [2.75, 3.05) is 20.1 Å². The highest BCUT2D eigenvalue weighted by Gasteiger charge is 2.28. The Labute approximate surface area is 159 Å². The van der Waals surface area contributed by atoms with E-state index in [2.05, 4.69) is 22.6 Å². The number of piperidine rings is 1. The molecule has 0 radical (unpaired) electrons. The van der Waals surface area contributed by atoms with E-state index in [9.17, 15) is 9.59 Å². The number of benzene rings is 1. The van der Waals surface area contributed by atoms with Gasteiger partial charge in [0.2, 0.25) is 5.91 Å². The molecule has 2 N–H and O–H groups in total. The van der Waals surface area contributed by atoms with E-state index in [1.54, 1.807) is 12.1 Å². The smallest absolute Gasteiger partial charge is 0.253 e. The van der Waals surface area contributed by atoms with Crippen molar-refractivity contribution in [1.82, 2.24) is 15.5 Å². The minimum absolute atomic E-state index is 0.0405. The SMILES string of the molecule is CC(C)[C@@H](NC(=O)c1ccc(Cl)cc1Cl)C(=O)NC1CCN(C)CC1. The molecule has 2 amide bonds. The highest BCUT2D eigenvalue weighted by molar-refractivity contribution is 6.36. The first-order valence-corrected chi connectivity index (χ1v) is 9.28. The van der Waals surface area contributed by atoms with Gasteiger partial charge in [0.05, 0.1) is 10.6 Å². The van der Waals surface area contributed by atoms with Crippen molar-refractivity contribution < 1.29 is 9.59 Å². The van der Waals surface area contributed by atoms with Crippen LogP contribution in [0.3, 0.4) is 0 Å². The lowest BCUT2D eigenvalue weighted by molar-refractivity contribution is -0.125. The van der Waals surface area contributed by atoms with E-state index in [-0.39, 0.29) is 28.8 Å². The number of nitrogens with zero attached hydrogens (tertiary/aromatic N) is 1. The lowest BCUT2D eigenvalue weighted by Crippen LogP contribution is -2.53. The van der Waals surface area contributed by atoms with Crippen LogP contribution >= 0.6 is 23.2 Å². The molecule has 5 nitrogen and oxygen atoms in total. The van der Waals surface area contributed by atoms with Gasteiger partial charge in [-0.15, -0.1) is 0 Å². The first-order valence-electron chi connectivity index (χ1n) is 8.52. The Bertz CT molecular complexity index is 629. The zero-order chi connectivity index (χ0) is 18.6. The molecule has 1 aliphatic heterocycles. The molecule has 1 atom stereocenters. The molecule has 0 saturated carbocycles. The number of carbonyl (C=O) groups excluding carboxylic acids is 2. The topological polar surface area (TPSA) is 61.4 Å². The van der Waals surface area contributed by atoms with E-state index in [1.807, 2.05) is 13.8 Å². The van der Waals surface area contributed by atoms with Crippen LogP contribution in [-0.4, -0.2) is 48.9 Å². The third-order valence-corrected chi connectivity index (χ3v) is 5.02. The van der Waals surface area contributed by atoms with Crippen molar-refractivity contribution in [1.29, 1.82) is 0 Å². The van der Waals surface area contributed by atoms with Crippen LogP contribution in [0.1, 0.15) is 37.0 Å². The molecule has 0 aliphatic carbocycles. The second-order valence-corrected chi connectivity index (χ2v) is 7.75. The van der Waals surface area contributed by atoms with Crippen molar-refractivity contribution in [2.24, 2.45) is 5.92 Å². The van der Waals surface area contributed by atoms with Crippen molar-refractivity contribution in [2.45, 2.75) is 38.8 Å². The highest BCUT2D eigenvalue weighted by atomic mass is 35.5. The molecule has 1 aromatic carbocycles. The summed E-state index contributed by atoms with van der Waals surface area (Å²) in [4.78, 5) is 27.4. The van der Waals surface area contributed by atoms with Gasteiger partial charge in [0.15, 0.2) is 0 Å². The molecular formula is C18H25Cl2N3O2. The molecule has 2 rings (SSSR count). The number of amides is 2. The van der Waals surface area contributed by atoms with Gasteiger partial charge >= 0.3 is 0 Å². The van der Waals surface area contributed by atoms with Gasteiger partial charge < -0.3 is 15.5 Å². The Kier molecular flexibility index (Phi) is 7.11. The minimum Gasteiger partial charge on any atom is -0.351 e. The number of likely N-dealkylation sites (tertiary alicyclic amines) is 1. The average molecular weight is 386 g/mol. The second-order valence-electron chi connectivity index (χ2n) is 6.91. The Morgan fingerprint density at radius 3 is 2.40 bits per heavy atom. The van der Waals surface area contributed by atoms with Gasteiger partial charge in [-0.3, -0.25) is 9.59 Å². The lowest BCUT2D eigenvalue weighted by Gasteiger charge is -2.31. The van der Waals surface area contributed by atoms with Crippen molar-refractivity contribution in [3.63, 3.8) is 0 Å². The highest BCUT2D eigenvalue weighted by Crippen LogP contribution is 2.21. The number of hydrogen-bond donors (Lipinski definition) is 2. The van der Waals surface area contributed by atoms with E-state index in [0.717, 1.165) is 25.9 Å². The number of halogens is 2. The molecule has 0 unspecified atom stereocenters. The summed E-state index contributed by atoms with van der Waals surface area (Å²) >= 11 is 11.9. The summed E-state index contributed by atoms with van der Waals surface area (Å²) in [5.74, 6) is -0.567. The summed E-state index contributed by atoms with van der Waals surface area (Å²) < 4.78 is 0. The summed E-state index contributed by atoms with van der Waals surface area (Å²) in [7, 11) is 2.07. The third-order valence-electron chi connectivity index (χ3n) is 4.48. The second kappa shape index (κ2) is 8.88. The van der Waals surface area contributed by atoms with Crippen LogP contribution in [0.5, 0.6) is 0 Å². The summed E-state index contributed by atoms with van der Waals surface area (Å²) in [5, 5.41) is 6.60. The van der Waals surface area contributed by atoms with Crippen LogP contribution in [0.4, 0.5) is 0 Å². The first-order chi connectivity index (χ1) is 11.8. The maximum absolute atomic E-state index is 12.6. The zero-order valence-corrected chi connectivity index (χ0v) is 16.3. The zero-order valence-electron chi connectivity index (χ0n) is 14.8. The van der Waals surface area contributed by atoms with Gasteiger partial charge in [-0.1, -0.05) is 37.0 Å². The summed E-state index contributed by atoms with van der Waals surface area (Å²) in [6.45, 7) is 5.74. The fraction of sp³-hybridized carbons (Fsp3) is 0.556. The van der Waals surface area contributed by atoms with Gasteiger partial charge in [-0.25, -0.2) is 0 Å². The Morgan fingerprint density at radius 1 is 1.20 bits per heavy atom. The van der Waals surface area contributed by atoms with Crippen LogP contribution in [0.15, 0.2) is 18.2 Å². The Hall–Kier alpha value is -1.30. The fourth-order valence-corrected chi connectivity index (χ4v) is 3.37. The monoisotopic (exact) mass is 385 g/mol. The lowest BCUT2D eigenvalue weighted by atomic mass is 10.0. The van der Waals surface area contributed by atoms with Crippen molar-refractivity contribution in [3.05, 3.63) is 33.8 Å². The third kappa shape index (κ3) is 5.59. The first kappa shape index (κ1) is 20.0. The quantitative estimate of drug-likeness (QED) is 0.818. The largest absolute Gasteiger partial charge is 0.351 e. The molecule has 7 heteroatoms. The molecule has 1 heterocycles. The normalized spacial score (nSPS) is 17.4. The van der Waals surface area contributed by atoms with Gasteiger partial charge in [0, 0.05) is 11.1 Å². The van der Waals surface area contributed by atoms with Crippen LogP contribution in [0.25, 0.3) is 0 Å². The van der Waals surface area contributed by atoms with Gasteiger partial charge in [-0.05, 0) is 57.1 Å². The van der Waals surface area contributed by atoms with E-state index >= 15 is 0 Å². The molecule has 0 bridgehead atoms. The molecule has 25 heavy (non-hydrogen) atoms. The van der Waals surface area contributed by atoms with Crippen LogP contribution in [0, 0.1) is 5.92 Å². The Balaban J connectivity index is 2.02. The predicted molar refractivity (Wildman–Crippen MR) is 101 cm³/mol. The number of rotatable bonds is 5. The Morgan fingerprint density at radius 2 is 1.84 bits per heavy atom. The minimum atomic E-state index is -0.612.